The Bertz CT molecular complexity index is 946. The second-order valence-electron chi connectivity index (χ2n) is 5.51. The van der Waals surface area contributed by atoms with Crippen LogP contribution in [-0.4, -0.2) is 15.9 Å². The predicted molar refractivity (Wildman–Crippen MR) is 95.4 cm³/mol. The number of para-hydroxylation sites is 1. The minimum Gasteiger partial charge on any atom is -0.340 e. The molecule has 0 saturated heterocycles. The third-order valence-corrected chi connectivity index (χ3v) is 3.74. The third-order valence-electron chi connectivity index (χ3n) is 3.74. The van der Waals surface area contributed by atoms with Gasteiger partial charge in [0.15, 0.2) is 11.6 Å². The van der Waals surface area contributed by atoms with E-state index in [4.69, 9.17) is 0 Å². The van der Waals surface area contributed by atoms with Crippen LogP contribution in [0.15, 0.2) is 54.9 Å². The lowest BCUT2D eigenvalue weighted by molar-refractivity contribution is 0.102. The Morgan fingerprint density at radius 1 is 1.04 bits per heavy atom. The Kier molecular flexibility index (Phi) is 5.17. The van der Waals surface area contributed by atoms with Crippen molar-refractivity contribution < 1.29 is 13.6 Å². The maximum absolute atomic E-state index is 13.2. The van der Waals surface area contributed by atoms with Crippen LogP contribution in [0.4, 0.5) is 26.0 Å². The van der Waals surface area contributed by atoms with Crippen molar-refractivity contribution in [3.05, 3.63) is 77.8 Å². The number of rotatable bonds is 5. The summed E-state index contributed by atoms with van der Waals surface area (Å²) >= 11 is 0. The summed E-state index contributed by atoms with van der Waals surface area (Å²) in [5.41, 5.74) is 2.24. The highest BCUT2D eigenvalue weighted by atomic mass is 19.2. The minimum absolute atomic E-state index is 0.0983. The number of hydrogen-bond acceptors (Lipinski definition) is 4. The average molecular weight is 354 g/mol. The van der Waals surface area contributed by atoms with Crippen molar-refractivity contribution in [2.75, 3.05) is 10.6 Å². The molecule has 0 aliphatic rings. The van der Waals surface area contributed by atoms with Crippen LogP contribution in [0.5, 0.6) is 0 Å². The summed E-state index contributed by atoms with van der Waals surface area (Å²) < 4.78 is 26.2. The Labute approximate surface area is 149 Å². The van der Waals surface area contributed by atoms with Crippen molar-refractivity contribution >= 4 is 23.1 Å². The van der Waals surface area contributed by atoms with Gasteiger partial charge in [0.25, 0.3) is 5.91 Å². The first kappa shape index (κ1) is 17.5. The number of aromatic nitrogens is 2. The smallest absolute Gasteiger partial charge is 0.274 e. The van der Waals surface area contributed by atoms with E-state index < -0.39 is 17.5 Å². The molecule has 0 radical (unpaired) electrons. The standard InChI is InChI=1S/C19H16F2N4O/c1-2-12-5-3-4-6-16(12)25-18-10-17(22-11-23-18)19(26)24-13-7-8-14(20)15(21)9-13/h3-11H,2H2,1H3,(H,24,26)(H,22,23,25). The van der Waals surface area contributed by atoms with Gasteiger partial charge < -0.3 is 10.6 Å². The second-order valence-corrected chi connectivity index (χ2v) is 5.51. The van der Waals surface area contributed by atoms with Gasteiger partial charge in [-0.15, -0.1) is 0 Å². The van der Waals surface area contributed by atoms with Gasteiger partial charge in [0.2, 0.25) is 0 Å². The molecule has 2 aromatic carbocycles. The third kappa shape index (κ3) is 4.00. The molecule has 0 bridgehead atoms. The normalized spacial score (nSPS) is 10.4. The maximum Gasteiger partial charge on any atom is 0.274 e. The zero-order valence-electron chi connectivity index (χ0n) is 14.0. The van der Waals surface area contributed by atoms with E-state index in [0.29, 0.717) is 5.82 Å². The lowest BCUT2D eigenvalue weighted by Gasteiger charge is -2.11. The summed E-state index contributed by atoms with van der Waals surface area (Å²) in [7, 11) is 0. The summed E-state index contributed by atoms with van der Waals surface area (Å²) in [6.45, 7) is 2.04. The molecule has 26 heavy (non-hydrogen) atoms. The number of anilines is 3. The van der Waals surface area contributed by atoms with Gasteiger partial charge >= 0.3 is 0 Å². The number of benzene rings is 2. The molecule has 7 heteroatoms. The van der Waals surface area contributed by atoms with E-state index in [0.717, 1.165) is 29.8 Å². The molecule has 2 N–H and O–H groups in total. The molecular formula is C19H16F2N4O. The number of hydrogen-bond donors (Lipinski definition) is 2. The van der Waals surface area contributed by atoms with Crippen LogP contribution in [0.3, 0.4) is 0 Å². The van der Waals surface area contributed by atoms with Crippen LogP contribution < -0.4 is 10.6 Å². The first-order valence-corrected chi connectivity index (χ1v) is 8.00. The van der Waals surface area contributed by atoms with E-state index >= 15 is 0 Å². The van der Waals surface area contributed by atoms with Crippen molar-refractivity contribution in [2.45, 2.75) is 13.3 Å². The van der Waals surface area contributed by atoms with Crippen molar-refractivity contribution in [3.8, 4) is 0 Å². The number of nitrogens with zero attached hydrogens (tertiary/aromatic N) is 2. The maximum atomic E-state index is 13.2. The highest BCUT2D eigenvalue weighted by molar-refractivity contribution is 6.03. The molecule has 0 aliphatic carbocycles. The van der Waals surface area contributed by atoms with Gasteiger partial charge in [0.05, 0.1) is 0 Å². The zero-order valence-corrected chi connectivity index (χ0v) is 14.0. The number of halogens is 2. The number of aryl methyl sites for hydroxylation is 1. The SMILES string of the molecule is CCc1ccccc1Nc1cc(C(=O)Nc2ccc(F)c(F)c2)ncn1. The Balaban J connectivity index is 1.78. The summed E-state index contributed by atoms with van der Waals surface area (Å²) in [6, 6.07) is 12.4. The van der Waals surface area contributed by atoms with Crippen LogP contribution in [0.2, 0.25) is 0 Å². The molecule has 1 aromatic heterocycles. The van der Waals surface area contributed by atoms with Gasteiger partial charge in [-0.2, -0.15) is 0 Å². The Hall–Kier alpha value is -3.35. The molecular weight excluding hydrogens is 338 g/mol. The monoisotopic (exact) mass is 354 g/mol. The molecule has 0 fully saturated rings. The van der Waals surface area contributed by atoms with Crippen molar-refractivity contribution in [2.24, 2.45) is 0 Å². The van der Waals surface area contributed by atoms with E-state index in [9.17, 15) is 13.6 Å². The van der Waals surface area contributed by atoms with E-state index in [-0.39, 0.29) is 11.4 Å². The molecule has 132 valence electrons. The van der Waals surface area contributed by atoms with E-state index in [2.05, 4.69) is 20.6 Å². The Morgan fingerprint density at radius 3 is 2.62 bits per heavy atom. The average Bonchev–Trinajstić information content (AvgIpc) is 2.65. The van der Waals surface area contributed by atoms with Gasteiger partial charge in [0, 0.05) is 23.5 Å². The number of carbonyl (C=O) groups excluding carboxylic acids is 1. The topological polar surface area (TPSA) is 66.9 Å². The minimum atomic E-state index is -1.04. The van der Waals surface area contributed by atoms with Gasteiger partial charge in [-0.3, -0.25) is 4.79 Å². The number of carbonyl (C=O) groups is 1. The fourth-order valence-electron chi connectivity index (χ4n) is 2.41. The predicted octanol–water partition coefficient (Wildman–Crippen LogP) is 4.31. The van der Waals surface area contributed by atoms with Crippen LogP contribution in [0, 0.1) is 11.6 Å². The Morgan fingerprint density at radius 2 is 1.85 bits per heavy atom. The largest absolute Gasteiger partial charge is 0.340 e. The van der Waals surface area contributed by atoms with Crippen LogP contribution in [0.1, 0.15) is 23.0 Å². The molecule has 0 unspecified atom stereocenters. The van der Waals surface area contributed by atoms with Crippen molar-refractivity contribution in [1.29, 1.82) is 0 Å². The quantitative estimate of drug-likeness (QED) is 0.716. The number of amides is 1. The highest BCUT2D eigenvalue weighted by Gasteiger charge is 2.11. The van der Waals surface area contributed by atoms with E-state index in [1.807, 2.05) is 31.2 Å². The lowest BCUT2D eigenvalue weighted by Crippen LogP contribution is -2.14. The first-order valence-electron chi connectivity index (χ1n) is 8.00. The molecule has 0 spiro atoms. The van der Waals surface area contributed by atoms with Crippen molar-refractivity contribution in [1.82, 2.24) is 9.97 Å². The summed E-state index contributed by atoms with van der Waals surface area (Å²) in [4.78, 5) is 20.3. The summed E-state index contributed by atoms with van der Waals surface area (Å²) in [6.07, 6.45) is 2.11. The summed E-state index contributed by atoms with van der Waals surface area (Å²) in [5, 5.41) is 5.63. The molecule has 3 aromatic rings. The first-order chi connectivity index (χ1) is 12.6. The highest BCUT2D eigenvalue weighted by Crippen LogP contribution is 2.20. The zero-order chi connectivity index (χ0) is 18.5. The van der Waals surface area contributed by atoms with E-state index in [1.54, 1.807) is 0 Å². The van der Waals surface area contributed by atoms with Crippen LogP contribution in [0.25, 0.3) is 0 Å². The van der Waals surface area contributed by atoms with Crippen LogP contribution >= 0.6 is 0 Å². The molecule has 1 heterocycles. The van der Waals surface area contributed by atoms with Crippen LogP contribution in [-0.2, 0) is 6.42 Å². The summed E-state index contributed by atoms with van der Waals surface area (Å²) in [5.74, 6) is -2.11. The van der Waals surface area contributed by atoms with Gasteiger partial charge in [-0.25, -0.2) is 18.7 Å². The molecule has 0 aliphatic heterocycles. The van der Waals surface area contributed by atoms with Gasteiger partial charge in [-0.1, -0.05) is 25.1 Å². The fourth-order valence-corrected chi connectivity index (χ4v) is 2.41. The molecule has 0 atom stereocenters. The van der Waals surface area contributed by atoms with Gasteiger partial charge in [-0.05, 0) is 30.2 Å². The van der Waals surface area contributed by atoms with Gasteiger partial charge in [0.1, 0.15) is 17.8 Å². The fraction of sp³-hybridized carbons (Fsp3) is 0.105. The number of nitrogens with one attached hydrogen (secondary N) is 2. The molecule has 0 saturated carbocycles. The lowest BCUT2D eigenvalue weighted by atomic mass is 10.1. The molecule has 3 rings (SSSR count). The molecule has 5 nitrogen and oxygen atoms in total. The molecule has 1 amide bonds. The van der Waals surface area contributed by atoms with E-state index in [1.165, 1.54) is 18.5 Å². The van der Waals surface area contributed by atoms with Crippen molar-refractivity contribution in [3.63, 3.8) is 0 Å². The second kappa shape index (κ2) is 7.69.